The average Bonchev–Trinajstić information content (AvgIpc) is 2.42. The van der Waals surface area contributed by atoms with Crippen molar-refractivity contribution in [3.63, 3.8) is 0 Å². The Kier molecular flexibility index (Phi) is 7.71. The van der Waals surface area contributed by atoms with Crippen LogP contribution in [0, 0.1) is 0 Å². The minimum Gasteiger partial charge on any atom is -0.478 e. The summed E-state index contributed by atoms with van der Waals surface area (Å²) in [6, 6.07) is 6.98. The smallest absolute Gasteiger partial charge is 0.335 e. The highest BCUT2D eigenvalue weighted by Gasteiger charge is 2.02. The van der Waals surface area contributed by atoms with Crippen molar-refractivity contribution in [3.8, 4) is 0 Å². The van der Waals surface area contributed by atoms with Gasteiger partial charge in [0.05, 0.1) is 5.56 Å². The van der Waals surface area contributed by atoms with E-state index in [0.717, 1.165) is 18.7 Å². The quantitative estimate of drug-likeness (QED) is 0.609. The topological polar surface area (TPSA) is 49.3 Å². The predicted octanol–water partition coefficient (Wildman–Crippen LogP) is 4.55. The molecule has 0 amide bonds. The molecule has 1 aromatic rings. The Balaban J connectivity index is 2.12. The summed E-state index contributed by atoms with van der Waals surface area (Å²) >= 11 is 0. The fourth-order valence-electron chi connectivity index (χ4n) is 2.08. The van der Waals surface area contributed by atoms with Gasteiger partial charge in [-0.1, -0.05) is 51.5 Å². The zero-order valence-electron chi connectivity index (χ0n) is 11.8. The van der Waals surface area contributed by atoms with Crippen LogP contribution in [0.25, 0.3) is 0 Å². The van der Waals surface area contributed by atoms with Crippen LogP contribution in [0.5, 0.6) is 0 Å². The fourth-order valence-corrected chi connectivity index (χ4v) is 2.08. The number of hydrogen-bond donors (Lipinski definition) is 2. The lowest BCUT2D eigenvalue weighted by Gasteiger charge is -2.07. The normalized spacial score (nSPS) is 10.4. The van der Waals surface area contributed by atoms with Crippen LogP contribution in [0.3, 0.4) is 0 Å². The van der Waals surface area contributed by atoms with Gasteiger partial charge in [-0.3, -0.25) is 0 Å². The minimum atomic E-state index is -0.875. The Morgan fingerprint density at radius 2 is 1.79 bits per heavy atom. The van der Waals surface area contributed by atoms with Gasteiger partial charge in [-0.25, -0.2) is 4.79 Å². The first kappa shape index (κ1) is 15.5. The Hall–Kier alpha value is -1.51. The van der Waals surface area contributed by atoms with Gasteiger partial charge in [0.15, 0.2) is 0 Å². The predicted molar refractivity (Wildman–Crippen MR) is 79.9 cm³/mol. The Morgan fingerprint density at radius 1 is 1.11 bits per heavy atom. The van der Waals surface area contributed by atoms with Gasteiger partial charge in [0.2, 0.25) is 0 Å². The first-order valence-electron chi connectivity index (χ1n) is 7.31. The van der Waals surface area contributed by atoms with Crippen molar-refractivity contribution in [2.45, 2.75) is 51.9 Å². The lowest BCUT2D eigenvalue weighted by molar-refractivity contribution is 0.0697. The first-order chi connectivity index (χ1) is 9.24. The van der Waals surface area contributed by atoms with Crippen molar-refractivity contribution in [1.29, 1.82) is 0 Å². The molecule has 106 valence electrons. The van der Waals surface area contributed by atoms with Crippen LogP contribution in [0.1, 0.15) is 62.2 Å². The molecule has 0 aromatic heterocycles. The van der Waals surface area contributed by atoms with Crippen molar-refractivity contribution in [3.05, 3.63) is 29.8 Å². The SMILES string of the molecule is CCCCCCCCCNc1cccc(C(=O)O)c1. The molecule has 0 saturated heterocycles. The molecule has 19 heavy (non-hydrogen) atoms. The summed E-state index contributed by atoms with van der Waals surface area (Å²) in [5.41, 5.74) is 1.23. The number of rotatable bonds is 10. The van der Waals surface area contributed by atoms with Gasteiger partial charge in [-0.15, -0.1) is 0 Å². The summed E-state index contributed by atoms with van der Waals surface area (Å²) in [4.78, 5) is 10.8. The summed E-state index contributed by atoms with van der Waals surface area (Å²) in [5.74, 6) is -0.875. The van der Waals surface area contributed by atoms with E-state index in [1.807, 2.05) is 6.07 Å². The summed E-state index contributed by atoms with van der Waals surface area (Å²) in [5, 5.41) is 12.2. The third-order valence-corrected chi connectivity index (χ3v) is 3.22. The molecule has 0 bridgehead atoms. The zero-order chi connectivity index (χ0) is 13.9. The number of aromatic carboxylic acids is 1. The molecule has 0 spiro atoms. The van der Waals surface area contributed by atoms with Gasteiger partial charge in [-0.2, -0.15) is 0 Å². The van der Waals surface area contributed by atoms with Crippen LogP contribution in [0.4, 0.5) is 5.69 Å². The van der Waals surface area contributed by atoms with Crippen LogP contribution in [-0.2, 0) is 0 Å². The van der Waals surface area contributed by atoms with Crippen LogP contribution in [-0.4, -0.2) is 17.6 Å². The zero-order valence-corrected chi connectivity index (χ0v) is 11.8. The maximum Gasteiger partial charge on any atom is 0.335 e. The number of anilines is 1. The first-order valence-corrected chi connectivity index (χ1v) is 7.31. The van der Waals surface area contributed by atoms with E-state index in [9.17, 15) is 4.79 Å². The second-order valence-electron chi connectivity index (χ2n) is 4.93. The van der Waals surface area contributed by atoms with E-state index in [1.165, 1.54) is 38.5 Å². The summed E-state index contributed by atoms with van der Waals surface area (Å²) in [6.45, 7) is 3.14. The number of carbonyl (C=O) groups is 1. The number of hydrogen-bond acceptors (Lipinski definition) is 2. The van der Waals surface area contributed by atoms with Crippen molar-refractivity contribution < 1.29 is 9.90 Å². The van der Waals surface area contributed by atoms with Crippen molar-refractivity contribution >= 4 is 11.7 Å². The van der Waals surface area contributed by atoms with Crippen molar-refractivity contribution in [2.75, 3.05) is 11.9 Å². The Labute approximate surface area is 116 Å². The van der Waals surface area contributed by atoms with E-state index in [1.54, 1.807) is 18.2 Å². The van der Waals surface area contributed by atoms with Gasteiger partial charge >= 0.3 is 5.97 Å². The van der Waals surface area contributed by atoms with Gasteiger partial charge in [-0.05, 0) is 24.6 Å². The standard InChI is InChI=1S/C16H25NO2/c1-2-3-4-5-6-7-8-12-17-15-11-9-10-14(13-15)16(18)19/h9-11,13,17H,2-8,12H2,1H3,(H,18,19). The van der Waals surface area contributed by atoms with Gasteiger partial charge in [0.1, 0.15) is 0 Å². The van der Waals surface area contributed by atoms with Crippen molar-refractivity contribution in [1.82, 2.24) is 0 Å². The van der Waals surface area contributed by atoms with Crippen molar-refractivity contribution in [2.24, 2.45) is 0 Å². The molecule has 0 aliphatic rings. The third-order valence-electron chi connectivity index (χ3n) is 3.22. The summed E-state index contributed by atoms with van der Waals surface area (Å²) in [7, 11) is 0. The van der Waals surface area contributed by atoms with E-state index >= 15 is 0 Å². The molecule has 0 aliphatic heterocycles. The van der Waals surface area contributed by atoms with Crippen LogP contribution >= 0.6 is 0 Å². The molecule has 3 nitrogen and oxygen atoms in total. The van der Waals surface area contributed by atoms with Gasteiger partial charge in [0, 0.05) is 12.2 Å². The Bertz CT molecular complexity index is 377. The summed E-state index contributed by atoms with van der Waals surface area (Å²) in [6.07, 6.45) is 9.02. The molecule has 1 aromatic carbocycles. The number of nitrogens with one attached hydrogen (secondary N) is 1. The highest BCUT2D eigenvalue weighted by Crippen LogP contribution is 2.11. The monoisotopic (exact) mass is 263 g/mol. The lowest BCUT2D eigenvalue weighted by atomic mass is 10.1. The van der Waals surface area contributed by atoms with E-state index in [-0.39, 0.29) is 0 Å². The number of carboxylic acid groups (broad SMARTS) is 1. The molecular weight excluding hydrogens is 238 g/mol. The molecule has 0 radical (unpaired) electrons. The molecule has 2 N–H and O–H groups in total. The van der Waals surface area contributed by atoms with E-state index in [4.69, 9.17) is 5.11 Å². The fraction of sp³-hybridized carbons (Fsp3) is 0.562. The molecule has 0 fully saturated rings. The maximum atomic E-state index is 10.8. The number of carboxylic acids is 1. The van der Waals surface area contributed by atoms with Gasteiger partial charge in [0.25, 0.3) is 0 Å². The van der Waals surface area contributed by atoms with Crippen LogP contribution < -0.4 is 5.32 Å². The van der Waals surface area contributed by atoms with Gasteiger partial charge < -0.3 is 10.4 Å². The molecule has 1 rings (SSSR count). The molecule has 0 atom stereocenters. The molecule has 0 unspecified atom stereocenters. The Morgan fingerprint density at radius 3 is 2.47 bits per heavy atom. The maximum absolute atomic E-state index is 10.8. The summed E-state index contributed by atoms with van der Waals surface area (Å²) < 4.78 is 0. The minimum absolute atomic E-state index is 0.338. The van der Waals surface area contributed by atoms with Crippen LogP contribution in [0.15, 0.2) is 24.3 Å². The molecular formula is C16H25NO2. The average molecular weight is 263 g/mol. The second-order valence-corrected chi connectivity index (χ2v) is 4.93. The van der Waals surface area contributed by atoms with E-state index < -0.39 is 5.97 Å². The molecule has 3 heteroatoms. The molecule has 0 aliphatic carbocycles. The lowest BCUT2D eigenvalue weighted by Crippen LogP contribution is -2.03. The largest absolute Gasteiger partial charge is 0.478 e. The highest BCUT2D eigenvalue weighted by atomic mass is 16.4. The van der Waals surface area contributed by atoms with E-state index in [0.29, 0.717) is 5.56 Å². The highest BCUT2D eigenvalue weighted by molar-refractivity contribution is 5.88. The number of benzene rings is 1. The third kappa shape index (κ3) is 6.85. The molecule has 0 saturated carbocycles. The second kappa shape index (κ2) is 9.42. The number of unbranched alkanes of at least 4 members (excludes halogenated alkanes) is 6. The molecule has 0 heterocycles. The van der Waals surface area contributed by atoms with E-state index in [2.05, 4.69) is 12.2 Å². The van der Waals surface area contributed by atoms with Crippen LogP contribution in [0.2, 0.25) is 0 Å².